The van der Waals surface area contributed by atoms with Gasteiger partial charge in [-0.1, -0.05) is 24.3 Å². The molecule has 0 unspecified atom stereocenters. The van der Waals surface area contributed by atoms with Gasteiger partial charge >= 0.3 is 0 Å². The zero-order valence-electron chi connectivity index (χ0n) is 13.2. The van der Waals surface area contributed by atoms with Crippen molar-refractivity contribution in [1.82, 2.24) is 0 Å². The Morgan fingerprint density at radius 3 is 2.36 bits per heavy atom. The number of anilines is 1. The van der Waals surface area contributed by atoms with Gasteiger partial charge in [0.2, 0.25) is 0 Å². The van der Waals surface area contributed by atoms with Crippen molar-refractivity contribution >= 4 is 34.2 Å². The zero-order chi connectivity index (χ0) is 17.6. The third-order valence-electron chi connectivity index (χ3n) is 3.54. The molecule has 126 valence electrons. The fourth-order valence-electron chi connectivity index (χ4n) is 2.25. The molecule has 0 atom stereocenters. The van der Waals surface area contributed by atoms with Gasteiger partial charge in [0.15, 0.2) is 0 Å². The van der Waals surface area contributed by atoms with E-state index in [1.165, 1.54) is 12.1 Å². The number of carbonyl (C=O) groups is 1. The average Bonchev–Trinajstić information content (AvgIpc) is 2.63. The van der Waals surface area contributed by atoms with E-state index < -0.39 is 0 Å². The van der Waals surface area contributed by atoms with Gasteiger partial charge in [-0.3, -0.25) is 4.79 Å². The fraction of sp³-hybridized carbons (Fsp3) is 0.0500. The second-order valence-electron chi connectivity index (χ2n) is 5.37. The van der Waals surface area contributed by atoms with Crippen molar-refractivity contribution < 1.29 is 13.9 Å². The quantitative estimate of drug-likeness (QED) is 0.542. The van der Waals surface area contributed by atoms with Crippen molar-refractivity contribution in [3.8, 4) is 5.75 Å². The smallest absolute Gasteiger partial charge is 0.259 e. The van der Waals surface area contributed by atoms with Crippen molar-refractivity contribution in [2.75, 3.05) is 5.32 Å². The molecule has 0 spiro atoms. The van der Waals surface area contributed by atoms with Crippen molar-refractivity contribution in [3.05, 3.63) is 93.3 Å². The zero-order valence-corrected chi connectivity index (χ0v) is 15.4. The summed E-state index contributed by atoms with van der Waals surface area (Å²) in [7, 11) is 0. The molecule has 0 radical (unpaired) electrons. The molecule has 3 nitrogen and oxygen atoms in total. The fourth-order valence-corrected chi connectivity index (χ4v) is 2.61. The third-order valence-corrected chi connectivity index (χ3v) is 4.26. The van der Waals surface area contributed by atoms with E-state index in [9.17, 15) is 9.18 Å². The van der Waals surface area contributed by atoms with Crippen LogP contribution in [0.25, 0.3) is 0 Å². The molecule has 0 bridgehead atoms. The molecule has 3 aromatic rings. The summed E-state index contributed by atoms with van der Waals surface area (Å²) in [5.41, 5.74) is 2.00. The average molecular weight is 447 g/mol. The van der Waals surface area contributed by atoms with Crippen molar-refractivity contribution in [1.29, 1.82) is 0 Å². The standard InChI is InChI=1S/C20H15FINO2/c21-15-7-5-14(6-8-15)13-25-19-4-2-1-3-18(19)20(24)23-17-11-9-16(22)10-12-17/h1-12H,13H2,(H,23,24). The van der Waals surface area contributed by atoms with Crippen LogP contribution in [-0.4, -0.2) is 5.91 Å². The van der Waals surface area contributed by atoms with Crippen LogP contribution in [0, 0.1) is 9.39 Å². The summed E-state index contributed by atoms with van der Waals surface area (Å²) in [5, 5.41) is 2.86. The monoisotopic (exact) mass is 447 g/mol. The number of ether oxygens (including phenoxy) is 1. The maximum atomic E-state index is 13.0. The Morgan fingerprint density at radius 1 is 0.960 bits per heavy atom. The lowest BCUT2D eigenvalue weighted by atomic mass is 10.1. The predicted molar refractivity (Wildman–Crippen MR) is 104 cm³/mol. The van der Waals surface area contributed by atoms with E-state index in [4.69, 9.17) is 4.74 Å². The van der Waals surface area contributed by atoms with E-state index in [0.717, 1.165) is 14.8 Å². The van der Waals surface area contributed by atoms with Gasteiger partial charge in [-0.25, -0.2) is 4.39 Å². The van der Waals surface area contributed by atoms with E-state index in [0.29, 0.717) is 11.3 Å². The minimum Gasteiger partial charge on any atom is -0.488 e. The maximum absolute atomic E-state index is 13.0. The summed E-state index contributed by atoms with van der Waals surface area (Å²) in [6, 6.07) is 20.7. The molecular formula is C20H15FINO2. The molecule has 0 aliphatic rings. The van der Waals surface area contributed by atoms with Gasteiger partial charge in [-0.2, -0.15) is 0 Å². The number of hydrogen-bond acceptors (Lipinski definition) is 2. The first-order chi connectivity index (χ1) is 12.1. The van der Waals surface area contributed by atoms with Crippen LogP contribution >= 0.6 is 22.6 Å². The third kappa shape index (κ3) is 4.79. The normalized spacial score (nSPS) is 10.3. The Labute approximate surface area is 159 Å². The molecule has 0 saturated carbocycles. The van der Waals surface area contributed by atoms with Gasteiger partial charge < -0.3 is 10.1 Å². The number of halogens is 2. The first-order valence-corrected chi connectivity index (χ1v) is 8.73. The molecule has 5 heteroatoms. The Bertz CT molecular complexity index is 864. The van der Waals surface area contributed by atoms with Crippen LogP contribution in [0.5, 0.6) is 5.75 Å². The lowest BCUT2D eigenvalue weighted by Crippen LogP contribution is -2.13. The molecule has 0 fully saturated rings. The number of hydrogen-bond donors (Lipinski definition) is 1. The van der Waals surface area contributed by atoms with Crippen molar-refractivity contribution in [2.45, 2.75) is 6.61 Å². The Balaban J connectivity index is 1.72. The largest absolute Gasteiger partial charge is 0.488 e. The maximum Gasteiger partial charge on any atom is 0.259 e. The molecule has 0 aliphatic heterocycles. The van der Waals surface area contributed by atoms with E-state index in [2.05, 4.69) is 27.9 Å². The number of rotatable bonds is 5. The van der Waals surface area contributed by atoms with Gasteiger partial charge in [-0.15, -0.1) is 0 Å². The lowest BCUT2D eigenvalue weighted by molar-refractivity contribution is 0.102. The van der Waals surface area contributed by atoms with Crippen LogP contribution in [0.3, 0.4) is 0 Å². The second kappa shape index (κ2) is 8.11. The number of carbonyl (C=O) groups excluding carboxylic acids is 1. The number of para-hydroxylation sites is 1. The van der Waals surface area contributed by atoms with E-state index in [1.54, 1.807) is 30.3 Å². The van der Waals surface area contributed by atoms with Crippen LogP contribution < -0.4 is 10.1 Å². The topological polar surface area (TPSA) is 38.3 Å². The summed E-state index contributed by atoms with van der Waals surface area (Å²) in [4.78, 5) is 12.5. The number of nitrogens with one attached hydrogen (secondary N) is 1. The van der Waals surface area contributed by atoms with Crippen molar-refractivity contribution in [2.24, 2.45) is 0 Å². The van der Waals surface area contributed by atoms with Gasteiger partial charge in [0, 0.05) is 9.26 Å². The van der Waals surface area contributed by atoms with Crippen LogP contribution in [0.1, 0.15) is 15.9 Å². The van der Waals surface area contributed by atoms with Crippen LogP contribution in [0.2, 0.25) is 0 Å². The molecule has 0 aliphatic carbocycles. The molecule has 0 saturated heterocycles. The highest BCUT2D eigenvalue weighted by atomic mass is 127. The molecular weight excluding hydrogens is 432 g/mol. The Hall–Kier alpha value is -2.41. The van der Waals surface area contributed by atoms with Gasteiger partial charge in [0.05, 0.1) is 5.56 Å². The SMILES string of the molecule is O=C(Nc1ccc(I)cc1)c1ccccc1OCc1ccc(F)cc1. The van der Waals surface area contributed by atoms with Gasteiger partial charge in [-0.05, 0) is 76.7 Å². The molecule has 3 rings (SSSR count). The minimum absolute atomic E-state index is 0.240. The van der Waals surface area contributed by atoms with E-state index >= 15 is 0 Å². The molecule has 0 heterocycles. The first-order valence-electron chi connectivity index (χ1n) is 7.65. The van der Waals surface area contributed by atoms with E-state index in [1.807, 2.05) is 30.3 Å². The molecule has 3 aromatic carbocycles. The second-order valence-corrected chi connectivity index (χ2v) is 6.62. The summed E-state index contributed by atoms with van der Waals surface area (Å²) in [6.07, 6.45) is 0. The molecule has 25 heavy (non-hydrogen) atoms. The first kappa shape index (κ1) is 17.4. The molecule has 1 amide bonds. The van der Waals surface area contributed by atoms with Crippen LogP contribution in [-0.2, 0) is 6.61 Å². The highest BCUT2D eigenvalue weighted by Crippen LogP contribution is 2.21. The van der Waals surface area contributed by atoms with Crippen molar-refractivity contribution in [3.63, 3.8) is 0 Å². The van der Waals surface area contributed by atoms with Crippen LogP contribution in [0.4, 0.5) is 10.1 Å². The minimum atomic E-state index is -0.291. The summed E-state index contributed by atoms with van der Waals surface area (Å²) < 4.78 is 19.8. The lowest BCUT2D eigenvalue weighted by Gasteiger charge is -2.12. The number of benzene rings is 3. The molecule has 1 N–H and O–H groups in total. The predicted octanol–water partition coefficient (Wildman–Crippen LogP) is 5.26. The highest BCUT2D eigenvalue weighted by Gasteiger charge is 2.12. The highest BCUT2D eigenvalue weighted by molar-refractivity contribution is 14.1. The number of amides is 1. The summed E-state index contributed by atoms with van der Waals surface area (Å²) >= 11 is 2.21. The molecule has 0 aromatic heterocycles. The summed E-state index contributed by atoms with van der Waals surface area (Å²) in [6.45, 7) is 0.258. The Morgan fingerprint density at radius 2 is 1.64 bits per heavy atom. The van der Waals surface area contributed by atoms with Gasteiger partial charge in [0.25, 0.3) is 5.91 Å². The van der Waals surface area contributed by atoms with Gasteiger partial charge in [0.1, 0.15) is 18.2 Å². The van der Waals surface area contributed by atoms with Crippen LogP contribution in [0.15, 0.2) is 72.8 Å². The summed E-state index contributed by atoms with van der Waals surface area (Å²) in [5.74, 6) is -0.0493. The Kier molecular flexibility index (Phi) is 5.65. The van der Waals surface area contributed by atoms with E-state index in [-0.39, 0.29) is 18.3 Å².